The number of carbonyl (C=O) groups is 1. The average Bonchev–Trinajstić information content (AvgIpc) is 2.19. The Bertz CT molecular complexity index is 402. The molecule has 0 amide bonds. The number of ether oxygens (including phenoxy) is 1. The molecule has 0 bridgehead atoms. The summed E-state index contributed by atoms with van der Waals surface area (Å²) in [6, 6.07) is 3.61. The molecule has 0 aliphatic carbocycles. The molecule has 0 saturated carbocycles. The molecule has 3 nitrogen and oxygen atoms in total. The van der Waals surface area contributed by atoms with Gasteiger partial charge < -0.3 is 4.74 Å². The maximum absolute atomic E-state index is 11.2. The highest BCUT2D eigenvalue weighted by Gasteiger charge is 2.04. The summed E-state index contributed by atoms with van der Waals surface area (Å²) in [5.41, 5.74) is 1.56. The number of aromatic nitrogens is 1. The molecular formula is C12H13NO2. The molecule has 1 aromatic rings. The van der Waals surface area contributed by atoms with Gasteiger partial charge in [-0.2, -0.15) is 0 Å². The zero-order valence-electron chi connectivity index (χ0n) is 8.91. The van der Waals surface area contributed by atoms with Crippen LogP contribution in [0.3, 0.4) is 0 Å². The predicted octanol–water partition coefficient (Wildman–Crippen LogP) is 1.56. The molecular weight excluding hydrogens is 190 g/mol. The molecule has 0 saturated heterocycles. The van der Waals surface area contributed by atoms with Crippen molar-refractivity contribution in [3.63, 3.8) is 0 Å². The van der Waals surface area contributed by atoms with E-state index in [0.717, 1.165) is 5.56 Å². The van der Waals surface area contributed by atoms with E-state index in [1.54, 1.807) is 26.1 Å². The summed E-state index contributed by atoms with van der Waals surface area (Å²) in [5.74, 6) is 5.45. The molecule has 78 valence electrons. The molecule has 0 atom stereocenters. The van der Waals surface area contributed by atoms with Gasteiger partial charge in [-0.05, 0) is 26.0 Å². The lowest BCUT2D eigenvalue weighted by atomic mass is 10.2. The zero-order valence-corrected chi connectivity index (χ0v) is 8.91. The van der Waals surface area contributed by atoms with Crippen LogP contribution in [0.2, 0.25) is 0 Å². The fraction of sp³-hybridized carbons (Fsp3) is 0.333. The second-order valence-electron chi connectivity index (χ2n) is 2.89. The smallest absolute Gasteiger partial charge is 0.311 e. The van der Waals surface area contributed by atoms with Gasteiger partial charge >= 0.3 is 5.97 Å². The number of pyridine rings is 1. The van der Waals surface area contributed by atoms with Gasteiger partial charge in [0.2, 0.25) is 0 Å². The van der Waals surface area contributed by atoms with Gasteiger partial charge in [0.1, 0.15) is 0 Å². The van der Waals surface area contributed by atoms with Crippen LogP contribution in [0.1, 0.15) is 25.1 Å². The average molecular weight is 203 g/mol. The topological polar surface area (TPSA) is 39.2 Å². The number of rotatable bonds is 3. The first-order chi connectivity index (χ1) is 7.26. The van der Waals surface area contributed by atoms with E-state index in [-0.39, 0.29) is 12.4 Å². The summed E-state index contributed by atoms with van der Waals surface area (Å²) >= 11 is 0. The molecule has 15 heavy (non-hydrogen) atoms. The molecule has 0 N–H and O–H groups in total. The maximum Gasteiger partial charge on any atom is 0.311 e. The standard InChI is InChI=1S/C12H13NO2/c1-3-5-10-6-7-13-11(8-10)9-12(14)15-4-2/h6-8H,4,9H2,1-2H3. The lowest BCUT2D eigenvalue weighted by Crippen LogP contribution is -2.08. The number of nitrogens with zero attached hydrogens (tertiary/aromatic N) is 1. The summed E-state index contributed by atoms with van der Waals surface area (Å²) in [4.78, 5) is 15.3. The van der Waals surface area contributed by atoms with Gasteiger partial charge in [0.25, 0.3) is 0 Å². The van der Waals surface area contributed by atoms with Gasteiger partial charge in [-0.15, -0.1) is 5.92 Å². The van der Waals surface area contributed by atoms with E-state index in [2.05, 4.69) is 16.8 Å². The van der Waals surface area contributed by atoms with Gasteiger partial charge in [0.05, 0.1) is 18.7 Å². The minimum atomic E-state index is -0.258. The molecule has 0 unspecified atom stereocenters. The highest BCUT2D eigenvalue weighted by molar-refractivity contribution is 5.72. The normalized spacial score (nSPS) is 8.93. The van der Waals surface area contributed by atoms with Crippen LogP contribution in [0.4, 0.5) is 0 Å². The number of carbonyl (C=O) groups excluding carboxylic acids is 1. The Hall–Kier alpha value is -1.82. The van der Waals surface area contributed by atoms with Crippen molar-refractivity contribution in [2.45, 2.75) is 20.3 Å². The Morgan fingerprint density at radius 2 is 2.40 bits per heavy atom. The number of hydrogen-bond acceptors (Lipinski definition) is 3. The summed E-state index contributed by atoms with van der Waals surface area (Å²) in [7, 11) is 0. The highest BCUT2D eigenvalue weighted by Crippen LogP contribution is 2.02. The molecule has 0 spiro atoms. The lowest BCUT2D eigenvalue weighted by Gasteiger charge is -2.01. The Balaban J connectivity index is 2.72. The van der Waals surface area contributed by atoms with Crippen LogP contribution in [-0.2, 0) is 16.0 Å². The van der Waals surface area contributed by atoms with Crippen LogP contribution >= 0.6 is 0 Å². The van der Waals surface area contributed by atoms with Crippen molar-refractivity contribution >= 4 is 5.97 Å². The van der Waals surface area contributed by atoms with Crippen molar-refractivity contribution in [1.82, 2.24) is 4.98 Å². The van der Waals surface area contributed by atoms with E-state index < -0.39 is 0 Å². The van der Waals surface area contributed by atoms with Crippen molar-refractivity contribution in [3.05, 3.63) is 29.6 Å². The van der Waals surface area contributed by atoms with E-state index in [9.17, 15) is 4.79 Å². The molecule has 0 radical (unpaired) electrons. The minimum absolute atomic E-state index is 0.201. The molecule has 0 fully saturated rings. The molecule has 1 heterocycles. The lowest BCUT2D eigenvalue weighted by molar-refractivity contribution is -0.142. The first-order valence-electron chi connectivity index (χ1n) is 4.79. The van der Waals surface area contributed by atoms with Gasteiger partial charge in [0, 0.05) is 11.8 Å². The van der Waals surface area contributed by atoms with Crippen LogP contribution in [-0.4, -0.2) is 17.6 Å². The number of hydrogen-bond donors (Lipinski definition) is 0. The third-order valence-corrected chi connectivity index (χ3v) is 1.72. The summed E-state index contributed by atoms with van der Waals surface area (Å²) in [6.07, 6.45) is 1.85. The summed E-state index contributed by atoms with van der Waals surface area (Å²) in [5, 5.41) is 0. The molecule has 3 heteroatoms. The second kappa shape index (κ2) is 5.82. The van der Waals surface area contributed by atoms with Gasteiger partial charge in [-0.1, -0.05) is 5.92 Å². The Kier molecular flexibility index (Phi) is 4.36. The first kappa shape index (κ1) is 11.3. The van der Waals surface area contributed by atoms with Crippen LogP contribution < -0.4 is 0 Å². The monoisotopic (exact) mass is 203 g/mol. The van der Waals surface area contributed by atoms with Crippen LogP contribution in [0.15, 0.2) is 18.3 Å². The van der Waals surface area contributed by atoms with Crippen molar-refractivity contribution in [1.29, 1.82) is 0 Å². The Labute approximate surface area is 89.5 Å². The molecule has 1 rings (SSSR count). The van der Waals surface area contributed by atoms with Gasteiger partial charge in [-0.25, -0.2) is 0 Å². The van der Waals surface area contributed by atoms with Crippen LogP contribution in [0.25, 0.3) is 0 Å². The maximum atomic E-state index is 11.2. The summed E-state index contributed by atoms with van der Waals surface area (Å²) < 4.78 is 4.83. The first-order valence-corrected chi connectivity index (χ1v) is 4.79. The van der Waals surface area contributed by atoms with Gasteiger partial charge in [-0.3, -0.25) is 9.78 Å². The van der Waals surface area contributed by atoms with E-state index in [1.165, 1.54) is 0 Å². The highest BCUT2D eigenvalue weighted by atomic mass is 16.5. The summed E-state index contributed by atoms with van der Waals surface area (Å²) in [6.45, 7) is 3.95. The minimum Gasteiger partial charge on any atom is -0.466 e. The van der Waals surface area contributed by atoms with E-state index >= 15 is 0 Å². The van der Waals surface area contributed by atoms with Crippen LogP contribution in [0, 0.1) is 11.8 Å². The fourth-order valence-electron chi connectivity index (χ4n) is 1.16. The molecule has 1 aromatic heterocycles. The van der Waals surface area contributed by atoms with E-state index in [0.29, 0.717) is 12.3 Å². The second-order valence-corrected chi connectivity index (χ2v) is 2.89. The van der Waals surface area contributed by atoms with Gasteiger partial charge in [0.15, 0.2) is 0 Å². The van der Waals surface area contributed by atoms with E-state index in [4.69, 9.17) is 4.74 Å². The third kappa shape index (κ3) is 3.82. The predicted molar refractivity (Wildman–Crippen MR) is 57.1 cm³/mol. The van der Waals surface area contributed by atoms with E-state index in [1.807, 2.05) is 6.07 Å². The fourth-order valence-corrected chi connectivity index (χ4v) is 1.16. The number of esters is 1. The third-order valence-electron chi connectivity index (χ3n) is 1.72. The van der Waals surface area contributed by atoms with Crippen LogP contribution in [0.5, 0.6) is 0 Å². The molecule has 0 aromatic carbocycles. The Morgan fingerprint density at radius 1 is 1.60 bits per heavy atom. The van der Waals surface area contributed by atoms with Crippen molar-refractivity contribution < 1.29 is 9.53 Å². The van der Waals surface area contributed by atoms with Crippen molar-refractivity contribution in [2.75, 3.05) is 6.61 Å². The quantitative estimate of drug-likeness (QED) is 0.552. The largest absolute Gasteiger partial charge is 0.466 e. The Morgan fingerprint density at radius 3 is 3.07 bits per heavy atom. The SMILES string of the molecule is CC#Cc1ccnc(CC(=O)OCC)c1. The van der Waals surface area contributed by atoms with Crippen molar-refractivity contribution in [2.24, 2.45) is 0 Å². The zero-order chi connectivity index (χ0) is 11.1. The van der Waals surface area contributed by atoms with Crippen molar-refractivity contribution in [3.8, 4) is 11.8 Å². The molecule has 0 aliphatic heterocycles. The molecule has 0 aliphatic rings.